The molecule has 4 aliphatic rings. The van der Waals surface area contributed by atoms with E-state index in [-0.39, 0.29) is 22.0 Å². The molecule has 0 aromatic carbocycles. The zero-order chi connectivity index (χ0) is 18.2. The van der Waals surface area contributed by atoms with Crippen LogP contribution in [0.4, 0.5) is 0 Å². The predicted molar refractivity (Wildman–Crippen MR) is 100.0 cm³/mol. The Bertz CT molecular complexity index is 701. The highest BCUT2D eigenvalue weighted by atomic mass is 16.1. The summed E-state index contributed by atoms with van der Waals surface area (Å²) in [6.07, 6.45) is 11.6. The summed E-state index contributed by atoms with van der Waals surface area (Å²) in [6, 6.07) is 0. The van der Waals surface area contributed by atoms with Crippen molar-refractivity contribution in [1.29, 1.82) is 0 Å². The molecule has 25 heavy (non-hydrogen) atoms. The molecule has 0 N–H and O–H groups in total. The lowest BCUT2D eigenvalue weighted by molar-refractivity contribution is -0.140. The van der Waals surface area contributed by atoms with E-state index < -0.39 is 0 Å². The van der Waals surface area contributed by atoms with Gasteiger partial charge in [0.05, 0.1) is 0 Å². The minimum Gasteiger partial charge on any atom is -0.299 e. The normalized spacial score (nSPS) is 51.4. The first-order chi connectivity index (χ1) is 11.6. The van der Waals surface area contributed by atoms with E-state index in [9.17, 15) is 9.59 Å². The number of fused-ring (bicyclic) bond motifs is 5. The van der Waals surface area contributed by atoms with Gasteiger partial charge in [0, 0.05) is 10.8 Å². The van der Waals surface area contributed by atoms with Gasteiger partial charge in [-0.1, -0.05) is 39.3 Å². The van der Waals surface area contributed by atoms with E-state index in [1.807, 2.05) is 13.0 Å². The van der Waals surface area contributed by atoms with Crippen molar-refractivity contribution >= 4 is 11.6 Å². The standard InChI is InChI=1S/C23H32O2/c1-14-12-20-18-7-6-16-13-17(25)8-10-21(16,3)19(18)9-11-22(20,4)23(14,5)15(2)24/h8,10,13-14,18-20H,6-7,9,11-12H2,1-5H3/t14-,18-,19-,20+,21+,22+,23-/m1/s1. The molecule has 0 heterocycles. The summed E-state index contributed by atoms with van der Waals surface area (Å²) in [7, 11) is 0. The fourth-order valence-corrected chi connectivity index (χ4v) is 7.53. The minimum atomic E-state index is -0.183. The SMILES string of the molecule is CC(=O)[C@@]1(C)[C@H](C)C[C@H]2[C@@H]3CCC4=CC(=O)C=C[C@]4(C)[C@@H]3CC[C@@]21C. The summed E-state index contributed by atoms with van der Waals surface area (Å²) >= 11 is 0. The van der Waals surface area contributed by atoms with E-state index in [4.69, 9.17) is 0 Å². The van der Waals surface area contributed by atoms with Gasteiger partial charge in [-0.05, 0) is 80.3 Å². The molecule has 4 aliphatic carbocycles. The zero-order valence-electron chi connectivity index (χ0n) is 16.4. The van der Waals surface area contributed by atoms with Gasteiger partial charge in [0.1, 0.15) is 5.78 Å². The van der Waals surface area contributed by atoms with E-state index in [1.165, 1.54) is 24.8 Å². The fourth-order valence-electron chi connectivity index (χ4n) is 7.53. The highest BCUT2D eigenvalue weighted by Gasteiger charge is 2.66. The Labute approximate surface area is 152 Å². The van der Waals surface area contributed by atoms with Crippen LogP contribution in [0.25, 0.3) is 0 Å². The molecule has 2 heteroatoms. The second-order valence-corrected chi connectivity index (χ2v) is 9.95. The molecule has 136 valence electrons. The van der Waals surface area contributed by atoms with Crippen LogP contribution in [-0.4, -0.2) is 11.6 Å². The lowest BCUT2D eigenvalue weighted by Crippen LogP contribution is -2.53. The maximum atomic E-state index is 12.7. The first kappa shape index (κ1) is 17.2. The lowest BCUT2D eigenvalue weighted by atomic mass is 9.45. The van der Waals surface area contributed by atoms with Crippen LogP contribution in [0.1, 0.15) is 66.7 Å². The topological polar surface area (TPSA) is 34.1 Å². The summed E-state index contributed by atoms with van der Waals surface area (Å²) in [5.74, 6) is 2.95. The molecule has 0 radical (unpaired) electrons. The number of Topliss-reactive ketones (excluding diaryl/α,β-unsaturated/α-hetero) is 1. The van der Waals surface area contributed by atoms with Crippen LogP contribution in [-0.2, 0) is 9.59 Å². The molecule has 7 atom stereocenters. The molecule has 3 fully saturated rings. The van der Waals surface area contributed by atoms with E-state index in [1.54, 1.807) is 6.08 Å². The Kier molecular flexibility index (Phi) is 3.57. The van der Waals surface area contributed by atoms with Gasteiger partial charge in [-0.15, -0.1) is 0 Å². The zero-order valence-corrected chi connectivity index (χ0v) is 16.4. The molecule has 4 rings (SSSR count). The number of ketones is 2. The Morgan fingerprint density at radius 2 is 1.88 bits per heavy atom. The quantitative estimate of drug-likeness (QED) is 0.662. The van der Waals surface area contributed by atoms with Crippen LogP contribution in [0.15, 0.2) is 23.8 Å². The fraction of sp³-hybridized carbons (Fsp3) is 0.739. The third-order valence-corrected chi connectivity index (χ3v) is 9.46. The first-order valence-corrected chi connectivity index (χ1v) is 10.1. The number of allylic oxidation sites excluding steroid dienone is 4. The smallest absolute Gasteiger partial charge is 0.178 e. The molecule has 0 amide bonds. The van der Waals surface area contributed by atoms with Gasteiger partial charge in [-0.25, -0.2) is 0 Å². The molecule has 0 aromatic heterocycles. The minimum absolute atomic E-state index is 0.0522. The molecule has 3 saturated carbocycles. The van der Waals surface area contributed by atoms with Gasteiger partial charge in [0.15, 0.2) is 5.78 Å². The number of hydrogen-bond acceptors (Lipinski definition) is 2. The second-order valence-electron chi connectivity index (χ2n) is 9.95. The molecule has 0 spiro atoms. The molecule has 0 saturated heterocycles. The summed E-state index contributed by atoms with van der Waals surface area (Å²) in [5.41, 5.74) is 1.35. The highest BCUT2D eigenvalue weighted by molar-refractivity contribution is 6.01. The average molecular weight is 341 g/mol. The van der Waals surface area contributed by atoms with Crippen molar-refractivity contribution in [3.8, 4) is 0 Å². The number of hydrogen-bond donors (Lipinski definition) is 0. The van der Waals surface area contributed by atoms with Gasteiger partial charge >= 0.3 is 0 Å². The monoisotopic (exact) mass is 340 g/mol. The van der Waals surface area contributed by atoms with Crippen LogP contribution in [0, 0.1) is 39.9 Å². The Hall–Kier alpha value is -1.18. The van der Waals surface area contributed by atoms with Crippen molar-refractivity contribution in [3.05, 3.63) is 23.8 Å². The van der Waals surface area contributed by atoms with Crippen LogP contribution >= 0.6 is 0 Å². The molecule has 2 nitrogen and oxygen atoms in total. The lowest BCUT2D eigenvalue weighted by Gasteiger charge is -2.58. The third-order valence-electron chi connectivity index (χ3n) is 9.46. The summed E-state index contributed by atoms with van der Waals surface area (Å²) in [6.45, 7) is 11.1. The maximum Gasteiger partial charge on any atom is 0.178 e. The molecular weight excluding hydrogens is 308 g/mol. The number of rotatable bonds is 1. The maximum absolute atomic E-state index is 12.7. The van der Waals surface area contributed by atoms with Crippen molar-refractivity contribution in [3.63, 3.8) is 0 Å². The molecule has 0 bridgehead atoms. The summed E-state index contributed by atoms with van der Waals surface area (Å²) in [4.78, 5) is 24.5. The Morgan fingerprint density at radius 3 is 2.56 bits per heavy atom. The van der Waals surface area contributed by atoms with Gasteiger partial charge in [0.2, 0.25) is 0 Å². The van der Waals surface area contributed by atoms with Crippen molar-refractivity contribution in [2.45, 2.75) is 66.7 Å². The van der Waals surface area contributed by atoms with E-state index >= 15 is 0 Å². The van der Waals surface area contributed by atoms with Gasteiger partial charge in [0.25, 0.3) is 0 Å². The number of carbonyl (C=O) groups excluding carboxylic acids is 2. The van der Waals surface area contributed by atoms with E-state index in [0.29, 0.717) is 29.5 Å². The summed E-state index contributed by atoms with van der Waals surface area (Å²) in [5, 5.41) is 0. The Morgan fingerprint density at radius 1 is 1.16 bits per heavy atom. The van der Waals surface area contributed by atoms with Gasteiger partial charge < -0.3 is 0 Å². The Balaban J connectivity index is 1.74. The molecule has 0 unspecified atom stereocenters. The van der Waals surface area contributed by atoms with Crippen LogP contribution in [0.5, 0.6) is 0 Å². The van der Waals surface area contributed by atoms with Crippen LogP contribution in [0.3, 0.4) is 0 Å². The molecule has 0 aromatic rings. The second kappa shape index (κ2) is 5.18. The van der Waals surface area contributed by atoms with Crippen molar-refractivity contribution in [2.24, 2.45) is 39.9 Å². The first-order valence-electron chi connectivity index (χ1n) is 10.1. The van der Waals surface area contributed by atoms with Crippen LogP contribution in [0.2, 0.25) is 0 Å². The summed E-state index contributed by atoms with van der Waals surface area (Å²) < 4.78 is 0. The van der Waals surface area contributed by atoms with Crippen molar-refractivity contribution < 1.29 is 9.59 Å². The van der Waals surface area contributed by atoms with Crippen molar-refractivity contribution in [2.75, 3.05) is 0 Å². The average Bonchev–Trinajstić information content (AvgIpc) is 2.77. The molecule has 0 aliphatic heterocycles. The largest absolute Gasteiger partial charge is 0.299 e. The van der Waals surface area contributed by atoms with Gasteiger partial charge in [-0.2, -0.15) is 0 Å². The number of carbonyl (C=O) groups is 2. The van der Waals surface area contributed by atoms with Gasteiger partial charge in [-0.3, -0.25) is 9.59 Å². The third kappa shape index (κ3) is 1.97. The predicted octanol–water partition coefficient (Wildman–Crippen LogP) is 5.14. The molecular formula is C23H32O2. The van der Waals surface area contributed by atoms with Crippen molar-refractivity contribution in [1.82, 2.24) is 0 Å². The van der Waals surface area contributed by atoms with Crippen LogP contribution < -0.4 is 0 Å². The highest BCUT2D eigenvalue weighted by Crippen LogP contribution is 2.70. The van der Waals surface area contributed by atoms with E-state index in [0.717, 1.165) is 12.8 Å². The van der Waals surface area contributed by atoms with E-state index in [2.05, 4.69) is 33.8 Å².